The summed E-state index contributed by atoms with van der Waals surface area (Å²) in [6.07, 6.45) is 0. The van der Waals surface area contributed by atoms with Gasteiger partial charge in [0.1, 0.15) is 18.0 Å². The molecule has 0 bridgehead atoms. The number of benzene rings is 1. The minimum Gasteiger partial charge on any atom is -0.497 e. The van der Waals surface area contributed by atoms with Crippen molar-refractivity contribution in [2.75, 3.05) is 39.1 Å². The Morgan fingerprint density at radius 1 is 1.32 bits per heavy atom. The molecular weight excluding hydrogens is 340 g/mol. The SMILES string of the molecule is CNc1nc(C(=O)N2CCN(Cc3ccc(OC)cc3)C(=O)C2)cs1. The highest BCUT2D eigenvalue weighted by atomic mass is 32.1. The van der Waals surface area contributed by atoms with Gasteiger partial charge in [0.2, 0.25) is 5.91 Å². The zero-order chi connectivity index (χ0) is 17.8. The molecule has 1 N–H and O–H groups in total. The summed E-state index contributed by atoms with van der Waals surface area (Å²) < 4.78 is 5.14. The molecule has 1 saturated heterocycles. The van der Waals surface area contributed by atoms with Crippen LogP contribution in [0, 0.1) is 0 Å². The van der Waals surface area contributed by atoms with Crippen LogP contribution >= 0.6 is 11.3 Å². The fourth-order valence-corrected chi connectivity index (χ4v) is 3.29. The van der Waals surface area contributed by atoms with Crippen LogP contribution in [0.5, 0.6) is 5.75 Å². The molecule has 0 saturated carbocycles. The smallest absolute Gasteiger partial charge is 0.273 e. The first kappa shape index (κ1) is 17.2. The van der Waals surface area contributed by atoms with Crippen molar-refractivity contribution in [3.8, 4) is 5.75 Å². The lowest BCUT2D eigenvalue weighted by Gasteiger charge is -2.34. The van der Waals surface area contributed by atoms with E-state index < -0.39 is 0 Å². The normalized spacial score (nSPS) is 14.6. The van der Waals surface area contributed by atoms with E-state index in [0.29, 0.717) is 30.5 Å². The monoisotopic (exact) mass is 360 g/mol. The maximum absolute atomic E-state index is 12.5. The third kappa shape index (κ3) is 3.90. The number of amides is 2. The van der Waals surface area contributed by atoms with Crippen molar-refractivity contribution >= 4 is 28.3 Å². The third-order valence-electron chi connectivity index (χ3n) is 4.08. The zero-order valence-corrected chi connectivity index (χ0v) is 15.0. The number of rotatable bonds is 5. The molecule has 1 aliphatic rings. The number of carbonyl (C=O) groups is 2. The van der Waals surface area contributed by atoms with Crippen LogP contribution in [0.1, 0.15) is 16.1 Å². The zero-order valence-electron chi connectivity index (χ0n) is 14.2. The third-order valence-corrected chi connectivity index (χ3v) is 4.94. The highest BCUT2D eigenvalue weighted by Gasteiger charge is 2.28. The standard InChI is InChI=1S/C17H20N4O3S/c1-18-17-19-14(11-25-17)16(23)21-8-7-20(15(22)10-21)9-12-3-5-13(24-2)6-4-12/h3-6,11H,7-10H2,1-2H3,(H,18,19). The Bertz CT molecular complexity index is 760. The van der Waals surface area contributed by atoms with Crippen molar-refractivity contribution < 1.29 is 14.3 Å². The van der Waals surface area contributed by atoms with Gasteiger partial charge in [0.05, 0.1) is 7.11 Å². The second-order valence-electron chi connectivity index (χ2n) is 5.68. The lowest BCUT2D eigenvalue weighted by molar-refractivity contribution is -0.135. The summed E-state index contributed by atoms with van der Waals surface area (Å²) in [5, 5.41) is 5.31. The van der Waals surface area contributed by atoms with Crippen molar-refractivity contribution in [1.82, 2.24) is 14.8 Å². The van der Waals surface area contributed by atoms with E-state index in [4.69, 9.17) is 4.74 Å². The first-order chi connectivity index (χ1) is 12.1. The molecule has 2 heterocycles. The van der Waals surface area contributed by atoms with Crippen LogP contribution in [-0.2, 0) is 11.3 Å². The van der Waals surface area contributed by atoms with Gasteiger partial charge in [-0.1, -0.05) is 12.1 Å². The maximum Gasteiger partial charge on any atom is 0.273 e. The van der Waals surface area contributed by atoms with Gasteiger partial charge in [0.15, 0.2) is 5.13 Å². The summed E-state index contributed by atoms with van der Waals surface area (Å²) in [7, 11) is 3.38. The van der Waals surface area contributed by atoms with Crippen LogP contribution in [-0.4, -0.2) is 60.4 Å². The van der Waals surface area contributed by atoms with Crippen LogP contribution in [0.2, 0.25) is 0 Å². The first-order valence-electron chi connectivity index (χ1n) is 7.94. The van der Waals surface area contributed by atoms with Crippen molar-refractivity contribution in [2.24, 2.45) is 0 Å². The number of methoxy groups -OCH3 is 1. The number of ether oxygens (including phenoxy) is 1. The van der Waals surface area contributed by atoms with Gasteiger partial charge < -0.3 is 19.9 Å². The summed E-state index contributed by atoms with van der Waals surface area (Å²) in [5.41, 5.74) is 1.41. The van der Waals surface area contributed by atoms with Crippen LogP contribution in [0.4, 0.5) is 5.13 Å². The second-order valence-corrected chi connectivity index (χ2v) is 6.54. The van der Waals surface area contributed by atoms with Gasteiger partial charge >= 0.3 is 0 Å². The number of hydrogen-bond acceptors (Lipinski definition) is 6. The molecule has 8 heteroatoms. The fraction of sp³-hybridized carbons (Fsp3) is 0.353. The van der Waals surface area contributed by atoms with Crippen molar-refractivity contribution in [1.29, 1.82) is 0 Å². The van der Waals surface area contributed by atoms with Crippen molar-refractivity contribution in [2.45, 2.75) is 6.54 Å². The highest BCUT2D eigenvalue weighted by molar-refractivity contribution is 7.13. The van der Waals surface area contributed by atoms with E-state index >= 15 is 0 Å². The molecule has 1 aromatic heterocycles. The summed E-state index contributed by atoms with van der Waals surface area (Å²) in [4.78, 5) is 32.4. The number of thiazole rings is 1. The summed E-state index contributed by atoms with van der Waals surface area (Å²) in [6, 6.07) is 7.64. The van der Waals surface area contributed by atoms with Gasteiger partial charge in [-0.2, -0.15) is 0 Å². The predicted molar refractivity (Wildman–Crippen MR) is 96.0 cm³/mol. The maximum atomic E-state index is 12.5. The molecule has 0 radical (unpaired) electrons. The van der Waals surface area contributed by atoms with Gasteiger partial charge in [0, 0.05) is 32.1 Å². The number of carbonyl (C=O) groups excluding carboxylic acids is 2. The number of anilines is 1. The van der Waals surface area contributed by atoms with E-state index in [-0.39, 0.29) is 18.4 Å². The molecule has 25 heavy (non-hydrogen) atoms. The number of piperazine rings is 1. The van der Waals surface area contributed by atoms with Crippen LogP contribution in [0.15, 0.2) is 29.6 Å². The van der Waals surface area contributed by atoms with Gasteiger partial charge in [0.25, 0.3) is 5.91 Å². The molecule has 2 aromatic rings. The summed E-state index contributed by atoms with van der Waals surface area (Å²) in [5.74, 6) is 0.532. The molecular formula is C17H20N4O3S. The Morgan fingerprint density at radius 2 is 2.08 bits per heavy atom. The molecule has 0 spiro atoms. The van der Waals surface area contributed by atoms with Gasteiger partial charge in [-0.25, -0.2) is 4.98 Å². The Kier molecular flexibility index (Phi) is 5.18. The minimum atomic E-state index is -0.199. The highest BCUT2D eigenvalue weighted by Crippen LogP contribution is 2.18. The Hall–Kier alpha value is -2.61. The average Bonchev–Trinajstić information content (AvgIpc) is 3.12. The second kappa shape index (κ2) is 7.52. The molecule has 1 aromatic carbocycles. The number of nitrogens with one attached hydrogen (secondary N) is 1. The first-order valence-corrected chi connectivity index (χ1v) is 8.82. The Balaban J connectivity index is 1.59. The molecule has 132 valence electrons. The van der Waals surface area contributed by atoms with E-state index in [2.05, 4.69) is 10.3 Å². The van der Waals surface area contributed by atoms with Gasteiger partial charge in [-0.15, -0.1) is 11.3 Å². The van der Waals surface area contributed by atoms with Crippen LogP contribution in [0.3, 0.4) is 0 Å². The van der Waals surface area contributed by atoms with E-state index in [9.17, 15) is 9.59 Å². The molecule has 0 aliphatic carbocycles. The lowest BCUT2D eigenvalue weighted by atomic mass is 10.2. The van der Waals surface area contributed by atoms with Crippen LogP contribution in [0.25, 0.3) is 0 Å². The molecule has 0 unspecified atom stereocenters. The predicted octanol–water partition coefficient (Wildman–Crippen LogP) is 1.68. The topological polar surface area (TPSA) is 74.8 Å². The average molecular weight is 360 g/mol. The molecule has 1 aliphatic heterocycles. The van der Waals surface area contributed by atoms with E-state index in [1.54, 1.807) is 29.3 Å². The molecule has 0 atom stereocenters. The molecule has 1 fully saturated rings. The Morgan fingerprint density at radius 3 is 2.68 bits per heavy atom. The quantitative estimate of drug-likeness (QED) is 0.878. The van der Waals surface area contributed by atoms with E-state index in [1.807, 2.05) is 24.3 Å². The van der Waals surface area contributed by atoms with Crippen molar-refractivity contribution in [3.63, 3.8) is 0 Å². The fourth-order valence-electron chi connectivity index (χ4n) is 2.65. The summed E-state index contributed by atoms with van der Waals surface area (Å²) >= 11 is 1.37. The van der Waals surface area contributed by atoms with Gasteiger partial charge in [-0.05, 0) is 17.7 Å². The van der Waals surface area contributed by atoms with Crippen LogP contribution < -0.4 is 10.1 Å². The van der Waals surface area contributed by atoms with Gasteiger partial charge in [-0.3, -0.25) is 9.59 Å². The largest absolute Gasteiger partial charge is 0.497 e. The molecule has 7 nitrogen and oxygen atoms in total. The number of nitrogens with zero attached hydrogens (tertiary/aromatic N) is 3. The van der Waals surface area contributed by atoms with E-state index in [0.717, 1.165) is 11.3 Å². The molecule has 2 amide bonds. The van der Waals surface area contributed by atoms with Crippen molar-refractivity contribution in [3.05, 3.63) is 40.9 Å². The molecule has 3 rings (SSSR count). The minimum absolute atomic E-state index is 0.0560. The lowest BCUT2D eigenvalue weighted by Crippen LogP contribution is -2.51. The number of hydrogen-bond donors (Lipinski definition) is 1. The Labute approximate surface area is 150 Å². The van der Waals surface area contributed by atoms with E-state index in [1.165, 1.54) is 11.3 Å². The number of aromatic nitrogens is 1. The summed E-state index contributed by atoms with van der Waals surface area (Å²) in [6.45, 7) is 1.64.